The molecule has 0 aliphatic rings. The fourth-order valence-electron chi connectivity index (χ4n) is 2.15. The minimum absolute atomic E-state index is 0.641. The monoisotopic (exact) mass is 269 g/mol. The van der Waals surface area contributed by atoms with Crippen molar-refractivity contribution in [2.45, 2.75) is 13.3 Å². The first-order valence-electron chi connectivity index (χ1n) is 6.29. The van der Waals surface area contributed by atoms with Crippen LogP contribution < -0.4 is 5.73 Å². The normalized spacial score (nSPS) is 11.1. The Balaban J connectivity index is 2.08. The van der Waals surface area contributed by atoms with Crippen LogP contribution in [0, 0.1) is 6.92 Å². The van der Waals surface area contributed by atoms with Crippen LogP contribution in [0.1, 0.15) is 9.88 Å². The number of nitrogens with zero attached hydrogens (tertiary/aromatic N) is 2. The van der Waals surface area contributed by atoms with Gasteiger partial charge in [0.2, 0.25) is 0 Å². The van der Waals surface area contributed by atoms with Crippen LogP contribution in [0.3, 0.4) is 0 Å². The van der Waals surface area contributed by atoms with E-state index in [9.17, 15) is 0 Å². The number of aryl methyl sites for hydroxylation is 1. The van der Waals surface area contributed by atoms with E-state index in [1.807, 2.05) is 24.4 Å². The number of hydrogen-bond acceptors (Lipinski definition) is 4. The van der Waals surface area contributed by atoms with E-state index in [-0.39, 0.29) is 0 Å². The summed E-state index contributed by atoms with van der Waals surface area (Å²) >= 11 is 1.72. The maximum absolute atomic E-state index is 5.59. The summed E-state index contributed by atoms with van der Waals surface area (Å²) in [6, 6.07) is 10.3. The van der Waals surface area contributed by atoms with E-state index in [0.29, 0.717) is 6.54 Å². The molecule has 0 fully saturated rings. The molecule has 1 aromatic carbocycles. The summed E-state index contributed by atoms with van der Waals surface area (Å²) in [5, 5.41) is 2.25. The fraction of sp³-hybridized carbons (Fsp3) is 0.200. The van der Waals surface area contributed by atoms with E-state index in [4.69, 9.17) is 5.73 Å². The Kier molecular flexibility index (Phi) is 3.27. The molecule has 3 nitrogen and oxygen atoms in total. The van der Waals surface area contributed by atoms with Gasteiger partial charge in [0.05, 0.1) is 16.2 Å². The molecule has 2 aromatic heterocycles. The molecule has 0 saturated heterocycles. The predicted octanol–water partition coefficient (Wildman–Crippen LogP) is 3.17. The van der Waals surface area contributed by atoms with Gasteiger partial charge < -0.3 is 5.73 Å². The molecule has 2 N–H and O–H groups in total. The fourth-order valence-corrected chi connectivity index (χ4v) is 3.12. The van der Waals surface area contributed by atoms with Crippen molar-refractivity contribution in [2.24, 2.45) is 5.73 Å². The SMILES string of the molecule is Cc1sc(CCN)nc1-c1cnc2ccccc2c1. The molecule has 0 amide bonds. The van der Waals surface area contributed by atoms with Crippen LogP contribution in [-0.2, 0) is 6.42 Å². The van der Waals surface area contributed by atoms with Crippen LogP contribution in [0.25, 0.3) is 22.2 Å². The second kappa shape index (κ2) is 5.07. The van der Waals surface area contributed by atoms with E-state index >= 15 is 0 Å². The number of nitrogens with two attached hydrogens (primary N) is 1. The quantitative estimate of drug-likeness (QED) is 0.794. The van der Waals surface area contributed by atoms with E-state index in [2.05, 4.69) is 29.0 Å². The molecule has 0 unspecified atom stereocenters. The zero-order valence-electron chi connectivity index (χ0n) is 10.8. The molecule has 0 aliphatic carbocycles. The summed E-state index contributed by atoms with van der Waals surface area (Å²) in [6.45, 7) is 2.74. The lowest BCUT2D eigenvalue weighted by Gasteiger charge is -2.01. The third-order valence-electron chi connectivity index (χ3n) is 3.06. The summed E-state index contributed by atoms with van der Waals surface area (Å²) in [5.41, 5.74) is 8.72. The maximum Gasteiger partial charge on any atom is 0.0947 e. The highest BCUT2D eigenvalue weighted by atomic mass is 32.1. The van der Waals surface area contributed by atoms with Crippen LogP contribution in [-0.4, -0.2) is 16.5 Å². The van der Waals surface area contributed by atoms with Crippen molar-refractivity contribution in [3.63, 3.8) is 0 Å². The molecule has 0 aliphatic heterocycles. The third kappa shape index (κ3) is 2.37. The molecule has 0 bridgehead atoms. The number of fused-ring (bicyclic) bond motifs is 1. The van der Waals surface area contributed by atoms with Crippen molar-refractivity contribution in [3.8, 4) is 11.3 Å². The molecule has 0 spiro atoms. The van der Waals surface area contributed by atoms with Crippen LogP contribution in [0.15, 0.2) is 36.5 Å². The average Bonchev–Trinajstić information content (AvgIpc) is 2.79. The van der Waals surface area contributed by atoms with Gasteiger partial charge in [0.1, 0.15) is 0 Å². The van der Waals surface area contributed by atoms with Gasteiger partial charge in [-0.2, -0.15) is 0 Å². The van der Waals surface area contributed by atoms with Gasteiger partial charge in [-0.25, -0.2) is 4.98 Å². The largest absolute Gasteiger partial charge is 0.330 e. The Morgan fingerprint density at radius 2 is 2.11 bits per heavy atom. The first-order valence-corrected chi connectivity index (χ1v) is 7.11. The standard InChI is InChI=1S/C15H15N3S/c1-10-15(18-14(19-10)6-7-16)12-8-11-4-2-3-5-13(11)17-9-12/h2-5,8-9H,6-7,16H2,1H3. The Labute approximate surface area is 116 Å². The van der Waals surface area contributed by atoms with E-state index < -0.39 is 0 Å². The highest BCUT2D eigenvalue weighted by Crippen LogP contribution is 2.28. The Morgan fingerprint density at radius 1 is 1.26 bits per heavy atom. The topological polar surface area (TPSA) is 51.8 Å². The molecule has 0 radical (unpaired) electrons. The predicted molar refractivity (Wildman–Crippen MR) is 80.3 cm³/mol. The minimum Gasteiger partial charge on any atom is -0.330 e. The van der Waals surface area contributed by atoms with Crippen molar-refractivity contribution in [3.05, 3.63) is 46.4 Å². The number of para-hydroxylation sites is 1. The molecular weight excluding hydrogens is 254 g/mol. The van der Waals surface area contributed by atoms with Crippen LogP contribution in [0.4, 0.5) is 0 Å². The van der Waals surface area contributed by atoms with Crippen LogP contribution in [0.5, 0.6) is 0 Å². The number of benzene rings is 1. The Hall–Kier alpha value is -1.78. The Morgan fingerprint density at radius 3 is 2.95 bits per heavy atom. The molecule has 96 valence electrons. The van der Waals surface area contributed by atoms with E-state index in [1.54, 1.807) is 11.3 Å². The minimum atomic E-state index is 0.641. The number of pyridine rings is 1. The summed E-state index contributed by atoms with van der Waals surface area (Å²) in [7, 11) is 0. The molecule has 19 heavy (non-hydrogen) atoms. The number of hydrogen-bond donors (Lipinski definition) is 1. The van der Waals surface area contributed by atoms with Crippen LogP contribution in [0.2, 0.25) is 0 Å². The summed E-state index contributed by atoms with van der Waals surface area (Å²) in [5.74, 6) is 0. The molecular formula is C15H15N3S. The first-order chi connectivity index (χ1) is 9.28. The van der Waals surface area contributed by atoms with Gasteiger partial charge in [-0.3, -0.25) is 4.98 Å². The zero-order valence-corrected chi connectivity index (χ0v) is 11.6. The van der Waals surface area contributed by atoms with Gasteiger partial charge in [-0.05, 0) is 25.6 Å². The summed E-state index contributed by atoms with van der Waals surface area (Å²) in [6.07, 6.45) is 2.74. The van der Waals surface area contributed by atoms with Gasteiger partial charge in [-0.1, -0.05) is 18.2 Å². The summed E-state index contributed by atoms with van der Waals surface area (Å²) < 4.78 is 0. The molecule has 2 heterocycles. The van der Waals surface area contributed by atoms with Crippen molar-refractivity contribution < 1.29 is 0 Å². The molecule has 3 aromatic rings. The molecule has 0 saturated carbocycles. The first kappa shape index (κ1) is 12.3. The highest BCUT2D eigenvalue weighted by molar-refractivity contribution is 7.12. The van der Waals surface area contributed by atoms with Gasteiger partial charge in [0.15, 0.2) is 0 Å². The number of aromatic nitrogens is 2. The van der Waals surface area contributed by atoms with Crippen molar-refractivity contribution in [1.82, 2.24) is 9.97 Å². The summed E-state index contributed by atoms with van der Waals surface area (Å²) in [4.78, 5) is 10.4. The van der Waals surface area contributed by atoms with E-state index in [0.717, 1.165) is 33.6 Å². The molecule has 3 rings (SSSR count). The lowest BCUT2D eigenvalue weighted by atomic mass is 10.1. The van der Waals surface area contributed by atoms with Gasteiger partial charge in [0.25, 0.3) is 0 Å². The maximum atomic E-state index is 5.59. The lowest BCUT2D eigenvalue weighted by molar-refractivity contribution is 0.954. The third-order valence-corrected chi connectivity index (χ3v) is 4.09. The van der Waals surface area contributed by atoms with Crippen molar-refractivity contribution in [2.75, 3.05) is 6.54 Å². The van der Waals surface area contributed by atoms with Gasteiger partial charge in [-0.15, -0.1) is 11.3 Å². The Bertz CT molecular complexity index is 718. The highest BCUT2D eigenvalue weighted by Gasteiger charge is 2.10. The number of rotatable bonds is 3. The lowest BCUT2D eigenvalue weighted by Crippen LogP contribution is -2.01. The smallest absolute Gasteiger partial charge is 0.0947 e. The molecule has 0 atom stereocenters. The molecule has 4 heteroatoms. The van der Waals surface area contributed by atoms with E-state index in [1.165, 1.54) is 4.88 Å². The number of thiazole rings is 1. The zero-order chi connectivity index (χ0) is 13.2. The van der Waals surface area contributed by atoms with Crippen LogP contribution >= 0.6 is 11.3 Å². The average molecular weight is 269 g/mol. The van der Waals surface area contributed by atoms with Crippen molar-refractivity contribution in [1.29, 1.82) is 0 Å². The van der Waals surface area contributed by atoms with Gasteiger partial charge >= 0.3 is 0 Å². The van der Waals surface area contributed by atoms with Gasteiger partial charge in [0, 0.05) is 28.4 Å². The van der Waals surface area contributed by atoms with Crippen molar-refractivity contribution >= 4 is 22.2 Å². The second-order valence-electron chi connectivity index (χ2n) is 4.47. The second-order valence-corrected chi connectivity index (χ2v) is 5.76.